The Kier molecular flexibility index (Phi) is 3.74. The van der Waals surface area contributed by atoms with Crippen molar-refractivity contribution >= 4 is 0 Å². The van der Waals surface area contributed by atoms with E-state index in [1.54, 1.807) is 6.07 Å². The molecule has 1 radical (unpaired) electrons. The van der Waals surface area contributed by atoms with Crippen LogP contribution >= 0.6 is 0 Å². The van der Waals surface area contributed by atoms with Gasteiger partial charge in [0.2, 0.25) is 0 Å². The number of aromatic nitrogens is 2. The molecule has 0 bridgehead atoms. The molecule has 0 saturated heterocycles. The van der Waals surface area contributed by atoms with Gasteiger partial charge in [-0.15, -0.1) is 0 Å². The largest absolute Gasteiger partial charge is 0.268 e. The summed E-state index contributed by atoms with van der Waals surface area (Å²) < 4.78 is 0. The molecule has 1 N–H and O–H groups in total. The maximum absolute atomic E-state index is 10.6. The Morgan fingerprint density at radius 2 is 1.92 bits per heavy atom. The van der Waals surface area contributed by atoms with Gasteiger partial charge in [0.25, 0.3) is 5.56 Å². The van der Waals surface area contributed by atoms with E-state index in [-0.39, 0.29) is 29.5 Å². The molecule has 1 heterocycles. The van der Waals surface area contributed by atoms with Crippen molar-refractivity contribution in [3.8, 4) is 0 Å². The first-order valence-electron chi connectivity index (χ1n) is 3.56. The predicted octanol–water partition coefficient (Wildman–Crippen LogP) is 1.06. The number of H-pyrrole nitrogens is 1. The normalized spacial score (nSPS) is 10.6. The molecule has 0 amide bonds. The fraction of sp³-hybridized carbons (Fsp3) is 0.500. The van der Waals surface area contributed by atoms with Gasteiger partial charge in [-0.3, -0.25) is 4.79 Å². The van der Waals surface area contributed by atoms with E-state index in [1.807, 2.05) is 20.8 Å². The van der Waals surface area contributed by atoms with E-state index in [1.165, 1.54) is 6.07 Å². The van der Waals surface area contributed by atoms with Crippen molar-refractivity contribution in [2.24, 2.45) is 0 Å². The molecule has 0 aromatic carbocycles. The van der Waals surface area contributed by atoms with Gasteiger partial charge >= 0.3 is 0 Å². The van der Waals surface area contributed by atoms with Gasteiger partial charge in [-0.25, -0.2) is 5.10 Å². The minimum absolute atomic E-state index is 0. The number of hydrogen-bond acceptors (Lipinski definition) is 2. The van der Waals surface area contributed by atoms with Crippen molar-refractivity contribution in [2.75, 3.05) is 0 Å². The first kappa shape index (κ1) is 11.5. The second kappa shape index (κ2) is 3.92. The smallest absolute Gasteiger partial charge is 0.264 e. The molecule has 1 aromatic heterocycles. The van der Waals surface area contributed by atoms with Crippen LogP contribution in [0.3, 0.4) is 0 Å². The standard InChI is InChI=1S/C8H12N2O.V/c1-8(2,3)6-4-5-7(11)10-9-6;/h4-5H,1-3H3,(H,10,11);. The zero-order valence-electron chi connectivity index (χ0n) is 7.46. The van der Waals surface area contributed by atoms with Gasteiger partial charge in [0.05, 0.1) is 5.69 Å². The SMILES string of the molecule is CC(C)(C)c1ccc(=O)[nH]n1.[V]. The van der Waals surface area contributed by atoms with E-state index >= 15 is 0 Å². The summed E-state index contributed by atoms with van der Waals surface area (Å²) in [4.78, 5) is 10.6. The second-order valence-corrected chi connectivity index (χ2v) is 3.56. The molecule has 0 aliphatic heterocycles. The average Bonchev–Trinajstić information content (AvgIpc) is 1.86. The summed E-state index contributed by atoms with van der Waals surface area (Å²) in [5, 5.41) is 6.31. The first-order chi connectivity index (χ1) is 5.00. The molecule has 3 nitrogen and oxygen atoms in total. The van der Waals surface area contributed by atoms with E-state index in [2.05, 4.69) is 10.2 Å². The molecule has 1 aromatic rings. The second-order valence-electron chi connectivity index (χ2n) is 3.56. The third-order valence-electron chi connectivity index (χ3n) is 1.45. The summed E-state index contributed by atoms with van der Waals surface area (Å²) in [6.45, 7) is 6.15. The Labute approximate surface area is 83.5 Å². The van der Waals surface area contributed by atoms with Crippen molar-refractivity contribution < 1.29 is 18.6 Å². The maximum Gasteiger partial charge on any atom is 0.264 e. The monoisotopic (exact) mass is 203 g/mol. The van der Waals surface area contributed by atoms with Crippen LogP contribution in [0.15, 0.2) is 16.9 Å². The molecular weight excluding hydrogens is 191 g/mol. The van der Waals surface area contributed by atoms with Crippen molar-refractivity contribution in [1.82, 2.24) is 10.2 Å². The van der Waals surface area contributed by atoms with Crippen molar-refractivity contribution in [3.63, 3.8) is 0 Å². The van der Waals surface area contributed by atoms with E-state index in [0.29, 0.717) is 0 Å². The Morgan fingerprint density at radius 1 is 1.33 bits per heavy atom. The van der Waals surface area contributed by atoms with Crippen molar-refractivity contribution in [2.45, 2.75) is 26.2 Å². The van der Waals surface area contributed by atoms with Crippen molar-refractivity contribution in [3.05, 3.63) is 28.2 Å². The van der Waals surface area contributed by atoms with Gasteiger partial charge < -0.3 is 0 Å². The summed E-state index contributed by atoms with van der Waals surface area (Å²) in [6, 6.07) is 3.24. The zero-order valence-corrected chi connectivity index (χ0v) is 8.85. The molecule has 12 heavy (non-hydrogen) atoms. The number of rotatable bonds is 0. The van der Waals surface area contributed by atoms with Gasteiger partial charge in [0.15, 0.2) is 0 Å². The summed E-state index contributed by atoms with van der Waals surface area (Å²) >= 11 is 0. The van der Waals surface area contributed by atoms with Crippen LogP contribution in [0.4, 0.5) is 0 Å². The minimum atomic E-state index is -0.155. The summed E-state index contributed by atoms with van der Waals surface area (Å²) in [5.41, 5.74) is 0.750. The third-order valence-corrected chi connectivity index (χ3v) is 1.45. The molecule has 65 valence electrons. The molecule has 0 aliphatic rings. The Morgan fingerprint density at radius 3 is 2.25 bits per heavy atom. The van der Waals surface area contributed by atoms with E-state index in [9.17, 15) is 4.79 Å². The van der Waals surface area contributed by atoms with Crippen LogP contribution < -0.4 is 5.56 Å². The van der Waals surface area contributed by atoms with Crippen LogP contribution in [-0.4, -0.2) is 10.2 Å². The van der Waals surface area contributed by atoms with Gasteiger partial charge in [-0.2, -0.15) is 5.10 Å². The Balaban J connectivity index is 0.00000121. The van der Waals surface area contributed by atoms with E-state index in [4.69, 9.17) is 0 Å². The molecular formula is C8H12N2OV. The first-order valence-corrected chi connectivity index (χ1v) is 3.56. The summed E-state index contributed by atoms with van der Waals surface area (Å²) in [6.07, 6.45) is 0. The average molecular weight is 203 g/mol. The van der Waals surface area contributed by atoms with Crippen LogP contribution in [0.1, 0.15) is 26.5 Å². The topological polar surface area (TPSA) is 45.8 Å². The number of aromatic amines is 1. The van der Waals surface area contributed by atoms with E-state index < -0.39 is 0 Å². The fourth-order valence-corrected chi connectivity index (χ4v) is 0.762. The Bertz CT molecular complexity index is 280. The molecule has 0 spiro atoms. The predicted molar refractivity (Wildman–Crippen MR) is 43.6 cm³/mol. The Hall–Kier alpha value is -0.536. The minimum Gasteiger partial charge on any atom is -0.268 e. The molecule has 0 aliphatic carbocycles. The van der Waals surface area contributed by atoms with Gasteiger partial charge in [0.1, 0.15) is 0 Å². The molecule has 1 rings (SSSR count). The maximum atomic E-state index is 10.6. The molecule has 0 saturated carbocycles. The molecule has 0 atom stereocenters. The summed E-state index contributed by atoms with van der Waals surface area (Å²) in [5.74, 6) is 0. The fourth-order valence-electron chi connectivity index (χ4n) is 0.762. The van der Waals surface area contributed by atoms with Gasteiger partial charge in [-0.05, 0) is 6.07 Å². The molecule has 4 heteroatoms. The number of hydrogen-bond donors (Lipinski definition) is 1. The molecule has 0 unspecified atom stereocenters. The third kappa shape index (κ3) is 2.84. The van der Waals surface area contributed by atoms with E-state index in [0.717, 1.165) is 5.69 Å². The quantitative estimate of drug-likeness (QED) is 0.685. The molecule has 0 fully saturated rings. The van der Waals surface area contributed by atoms with Crippen LogP contribution in [0.2, 0.25) is 0 Å². The van der Waals surface area contributed by atoms with Gasteiger partial charge in [-0.1, -0.05) is 20.8 Å². The van der Waals surface area contributed by atoms with Crippen LogP contribution in [0.5, 0.6) is 0 Å². The van der Waals surface area contributed by atoms with Crippen LogP contribution in [0, 0.1) is 0 Å². The van der Waals surface area contributed by atoms with Crippen molar-refractivity contribution in [1.29, 1.82) is 0 Å². The van der Waals surface area contributed by atoms with Gasteiger partial charge in [0, 0.05) is 30.0 Å². The van der Waals surface area contributed by atoms with Crippen LogP contribution in [-0.2, 0) is 24.0 Å². The summed E-state index contributed by atoms with van der Waals surface area (Å²) in [7, 11) is 0. The number of nitrogens with zero attached hydrogens (tertiary/aromatic N) is 1. The number of nitrogens with one attached hydrogen (secondary N) is 1. The van der Waals surface area contributed by atoms with Crippen LogP contribution in [0.25, 0.3) is 0 Å². The zero-order chi connectivity index (χ0) is 8.48.